The smallest absolute Gasteiger partial charge is 0.396 e. The van der Waals surface area contributed by atoms with E-state index in [1.165, 1.54) is 0 Å². The van der Waals surface area contributed by atoms with Gasteiger partial charge in [0, 0.05) is 18.4 Å². The minimum Gasteiger partial charge on any atom is -0.460 e. The van der Waals surface area contributed by atoms with Gasteiger partial charge in [0.15, 0.2) is 0 Å². The van der Waals surface area contributed by atoms with Gasteiger partial charge in [-0.2, -0.15) is 0 Å². The van der Waals surface area contributed by atoms with E-state index in [9.17, 15) is 9.59 Å². The number of hydrogen-bond donors (Lipinski definition) is 1. The summed E-state index contributed by atoms with van der Waals surface area (Å²) < 4.78 is 10.3. The molecule has 1 aliphatic rings. The summed E-state index contributed by atoms with van der Waals surface area (Å²) in [7, 11) is 0. The molecule has 0 radical (unpaired) electrons. The third-order valence-electron chi connectivity index (χ3n) is 3.28. The van der Waals surface area contributed by atoms with E-state index in [0.717, 1.165) is 25.7 Å². The van der Waals surface area contributed by atoms with Crippen molar-refractivity contribution in [1.82, 2.24) is 15.3 Å². The van der Waals surface area contributed by atoms with Gasteiger partial charge in [-0.3, -0.25) is 4.79 Å². The van der Waals surface area contributed by atoms with E-state index in [2.05, 4.69) is 20.0 Å². The maximum atomic E-state index is 11.5. The fourth-order valence-electron chi connectivity index (χ4n) is 2.26. The molecule has 1 aliphatic carbocycles. The van der Waals surface area contributed by atoms with Crippen molar-refractivity contribution in [2.24, 2.45) is 0 Å². The Kier molecular flexibility index (Phi) is 5.48. The molecule has 1 amide bonds. The second-order valence-corrected chi connectivity index (χ2v) is 4.82. The molecular weight excluding hydrogens is 274 g/mol. The number of carbonyl (C=O) groups is 2. The summed E-state index contributed by atoms with van der Waals surface area (Å²) in [6.07, 6.45) is 6.38. The van der Waals surface area contributed by atoms with E-state index < -0.39 is 11.9 Å². The summed E-state index contributed by atoms with van der Waals surface area (Å²) in [5, 5.41) is 2.69. The number of ether oxygens (including phenoxy) is 2. The van der Waals surface area contributed by atoms with Crippen LogP contribution in [0.2, 0.25) is 0 Å². The molecule has 1 aromatic heterocycles. The second-order valence-electron chi connectivity index (χ2n) is 4.82. The third kappa shape index (κ3) is 4.70. The lowest BCUT2D eigenvalue weighted by molar-refractivity contribution is -0.155. The van der Waals surface area contributed by atoms with Crippen molar-refractivity contribution in [3.05, 3.63) is 18.5 Å². The number of hydrogen-bond acceptors (Lipinski definition) is 6. The summed E-state index contributed by atoms with van der Waals surface area (Å²) in [5.74, 6) is -1.50. The Balaban J connectivity index is 1.73. The largest absolute Gasteiger partial charge is 0.460 e. The Morgan fingerprint density at radius 2 is 1.90 bits per heavy atom. The number of carbonyl (C=O) groups excluding carboxylic acids is 2. The zero-order valence-corrected chi connectivity index (χ0v) is 11.9. The molecule has 21 heavy (non-hydrogen) atoms. The third-order valence-corrected chi connectivity index (χ3v) is 3.28. The molecule has 1 N–H and O–H groups in total. The van der Waals surface area contributed by atoms with E-state index in [0.29, 0.717) is 6.01 Å². The highest BCUT2D eigenvalue weighted by Crippen LogP contribution is 2.21. The van der Waals surface area contributed by atoms with Gasteiger partial charge >= 0.3 is 17.9 Å². The van der Waals surface area contributed by atoms with Gasteiger partial charge in [-0.05, 0) is 38.7 Å². The molecule has 0 spiro atoms. The van der Waals surface area contributed by atoms with E-state index >= 15 is 0 Å². The molecule has 1 saturated carbocycles. The van der Waals surface area contributed by atoms with Crippen LogP contribution in [0.4, 0.5) is 0 Å². The van der Waals surface area contributed by atoms with Crippen molar-refractivity contribution in [2.45, 2.75) is 44.8 Å². The van der Waals surface area contributed by atoms with E-state index in [4.69, 9.17) is 4.74 Å². The van der Waals surface area contributed by atoms with Crippen LogP contribution in [-0.2, 0) is 14.3 Å². The van der Waals surface area contributed by atoms with Crippen LogP contribution in [0.3, 0.4) is 0 Å². The molecule has 0 aromatic carbocycles. The zero-order valence-electron chi connectivity index (χ0n) is 11.9. The molecule has 1 aromatic rings. The Labute approximate surface area is 123 Å². The second kappa shape index (κ2) is 7.56. The molecule has 0 unspecified atom stereocenters. The molecule has 114 valence electrons. The minimum absolute atomic E-state index is 0.0153. The van der Waals surface area contributed by atoms with E-state index in [1.54, 1.807) is 25.4 Å². The van der Waals surface area contributed by atoms with Crippen molar-refractivity contribution in [3.8, 4) is 6.01 Å². The average Bonchev–Trinajstić information content (AvgIpc) is 2.50. The summed E-state index contributed by atoms with van der Waals surface area (Å²) in [6.45, 7) is 1.86. The van der Waals surface area contributed by atoms with E-state index in [1.807, 2.05) is 0 Å². The maximum Gasteiger partial charge on any atom is 0.396 e. The van der Waals surface area contributed by atoms with Crippen LogP contribution in [0.5, 0.6) is 6.01 Å². The highest BCUT2D eigenvalue weighted by atomic mass is 16.5. The number of rotatable bonds is 4. The molecule has 0 saturated heterocycles. The first-order valence-electron chi connectivity index (χ1n) is 7.10. The van der Waals surface area contributed by atoms with Gasteiger partial charge in [0.2, 0.25) is 0 Å². The van der Waals surface area contributed by atoms with Crippen molar-refractivity contribution in [1.29, 1.82) is 0 Å². The fraction of sp³-hybridized carbons (Fsp3) is 0.571. The average molecular weight is 293 g/mol. The quantitative estimate of drug-likeness (QED) is 0.653. The Morgan fingerprint density at radius 3 is 2.52 bits per heavy atom. The Morgan fingerprint density at radius 1 is 1.24 bits per heavy atom. The Hall–Kier alpha value is -2.18. The van der Waals surface area contributed by atoms with Crippen LogP contribution in [-0.4, -0.2) is 40.6 Å². The molecule has 0 aliphatic heterocycles. The predicted molar refractivity (Wildman–Crippen MR) is 73.5 cm³/mol. The highest BCUT2D eigenvalue weighted by molar-refractivity contribution is 6.32. The van der Waals surface area contributed by atoms with Gasteiger partial charge in [0.25, 0.3) is 0 Å². The summed E-state index contributed by atoms with van der Waals surface area (Å²) in [5.41, 5.74) is 0. The topological polar surface area (TPSA) is 90.4 Å². The molecular formula is C14H19N3O4. The molecule has 1 fully saturated rings. The van der Waals surface area contributed by atoms with Crippen LogP contribution >= 0.6 is 0 Å². The lowest BCUT2D eigenvalue weighted by Crippen LogP contribution is -2.43. The lowest BCUT2D eigenvalue weighted by Gasteiger charge is -2.28. The molecule has 7 heteroatoms. The van der Waals surface area contributed by atoms with Crippen LogP contribution in [0.1, 0.15) is 32.6 Å². The number of nitrogens with one attached hydrogen (secondary N) is 1. The van der Waals surface area contributed by atoms with Crippen molar-refractivity contribution in [3.63, 3.8) is 0 Å². The first kappa shape index (κ1) is 15.2. The van der Waals surface area contributed by atoms with Crippen molar-refractivity contribution in [2.75, 3.05) is 6.61 Å². The Bertz CT molecular complexity index is 472. The van der Waals surface area contributed by atoms with Gasteiger partial charge < -0.3 is 14.8 Å². The summed E-state index contributed by atoms with van der Waals surface area (Å²) in [4.78, 5) is 30.8. The van der Waals surface area contributed by atoms with Crippen LogP contribution in [0.25, 0.3) is 0 Å². The van der Waals surface area contributed by atoms with Gasteiger partial charge in [0.1, 0.15) is 6.10 Å². The van der Waals surface area contributed by atoms with Crippen LogP contribution in [0, 0.1) is 0 Å². The fourth-order valence-corrected chi connectivity index (χ4v) is 2.26. The highest BCUT2D eigenvalue weighted by Gasteiger charge is 2.26. The first-order valence-corrected chi connectivity index (χ1v) is 7.10. The first-order chi connectivity index (χ1) is 10.2. The van der Waals surface area contributed by atoms with Crippen molar-refractivity contribution >= 4 is 11.9 Å². The van der Waals surface area contributed by atoms with Gasteiger partial charge in [-0.25, -0.2) is 14.8 Å². The number of aromatic nitrogens is 2. The normalized spacial score (nSPS) is 21.4. The van der Waals surface area contributed by atoms with E-state index in [-0.39, 0.29) is 18.8 Å². The van der Waals surface area contributed by atoms with Crippen molar-refractivity contribution < 1.29 is 19.1 Å². The van der Waals surface area contributed by atoms with Gasteiger partial charge in [-0.15, -0.1) is 0 Å². The molecule has 1 heterocycles. The standard InChI is InChI=1S/C14H19N3O4/c1-2-20-13(19)12(18)17-10-4-6-11(7-5-10)21-14-15-8-3-9-16-14/h3,8-11H,2,4-7H2,1H3,(H,17,18). The predicted octanol–water partition coefficient (Wildman–Crippen LogP) is 0.846. The lowest BCUT2D eigenvalue weighted by atomic mass is 9.93. The monoisotopic (exact) mass is 293 g/mol. The number of nitrogens with zero attached hydrogens (tertiary/aromatic N) is 2. The summed E-state index contributed by atoms with van der Waals surface area (Å²) in [6, 6.07) is 2.09. The maximum absolute atomic E-state index is 11.5. The summed E-state index contributed by atoms with van der Waals surface area (Å²) >= 11 is 0. The molecule has 0 bridgehead atoms. The number of amides is 1. The van der Waals surface area contributed by atoms with Crippen LogP contribution < -0.4 is 10.1 Å². The van der Waals surface area contributed by atoms with Gasteiger partial charge in [0.05, 0.1) is 6.61 Å². The minimum atomic E-state index is -0.825. The number of esters is 1. The molecule has 0 atom stereocenters. The molecule has 2 rings (SSSR count). The van der Waals surface area contributed by atoms with Gasteiger partial charge in [-0.1, -0.05) is 0 Å². The van der Waals surface area contributed by atoms with Crippen LogP contribution in [0.15, 0.2) is 18.5 Å². The zero-order chi connectivity index (χ0) is 15.1. The molecule has 7 nitrogen and oxygen atoms in total. The SMILES string of the molecule is CCOC(=O)C(=O)NC1CCC(Oc2ncccn2)CC1.